The molecule has 0 radical (unpaired) electrons. The van der Waals surface area contributed by atoms with Gasteiger partial charge >= 0.3 is 12.4 Å². The molecule has 0 heterocycles. The fourth-order valence-electron chi connectivity index (χ4n) is 1.07. The van der Waals surface area contributed by atoms with Gasteiger partial charge in [-0.25, -0.2) is 0 Å². The molecule has 3 nitrogen and oxygen atoms in total. The van der Waals surface area contributed by atoms with Crippen molar-refractivity contribution in [3.63, 3.8) is 0 Å². The maximum absolute atomic E-state index is 11.9. The van der Waals surface area contributed by atoms with Crippen molar-refractivity contribution in [1.29, 1.82) is 0 Å². The van der Waals surface area contributed by atoms with Gasteiger partial charge in [0.2, 0.25) is 0 Å². The summed E-state index contributed by atoms with van der Waals surface area (Å²) in [5.41, 5.74) is 5.09. The molecule has 2 N–H and O–H groups in total. The van der Waals surface area contributed by atoms with Crippen LogP contribution in [0.3, 0.4) is 0 Å². The van der Waals surface area contributed by atoms with Crippen LogP contribution in [0.1, 0.15) is 0 Å². The van der Waals surface area contributed by atoms with Crippen LogP contribution in [-0.4, -0.2) is 25.6 Å². The quantitative estimate of drug-likeness (QED) is 0.684. The van der Waals surface area contributed by atoms with E-state index < -0.39 is 25.6 Å². The standard InChI is InChI=1S/C10H9F6NO2/c11-9(12,13)4-18-6-1-2-8(7(17)3-6)19-5-10(14,15)16/h1-3H,4-5,17H2. The van der Waals surface area contributed by atoms with E-state index in [0.29, 0.717) is 0 Å². The van der Waals surface area contributed by atoms with Crippen molar-refractivity contribution in [3.05, 3.63) is 18.2 Å². The molecule has 1 rings (SSSR count). The minimum absolute atomic E-state index is 0.214. The molecule has 0 spiro atoms. The van der Waals surface area contributed by atoms with Crippen LogP contribution in [0.25, 0.3) is 0 Å². The molecule has 0 amide bonds. The van der Waals surface area contributed by atoms with Crippen LogP contribution < -0.4 is 15.2 Å². The van der Waals surface area contributed by atoms with Gasteiger partial charge in [0.05, 0.1) is 5.69 Å². The Morgan fingerprint density at radius 3 is 1.89 bits per heavy atom. The molecule has 0 aromatic heterocycles. The van der Waals surface area contributed by atoms with Crippen molar-refractivity contribution in [1.82, 2.24) is 0 Å². The number of halogens is 6. The molecule has 0 saturated carbocycles. The molecule has 0 aliphatic carbocycles. The number of nitrogen functional groups attached to an aromatic ring is 1. The first kappa shape index (κ1) is 15.3. The van der Waals surface area contributed by atoms with Gasteiger partial charge in [-0.3, -0.25) is 0 Å². The Kier molecular flexibility index (Phi) is 4.38. The zero-order valence-electron chi connectivity index (χ0n) is 9.31. The van der Waals surface area contributed by atoms with Crippen LogP contribution in [0.5, 0.6) is 11.5 Å². The van der Waals surface area contributed by atoms with Crippen LogP contribution in [0.4, 0.5) is 32.0 Å². The van der Waals surface area contributed by atoms with E-state index in [1.54, 1.807) is 0 Å². The van der Waals surface area contributed by atoms with Crippen molar-refractivity contribution in [2.45, 2.75) is 12.4 Å². The third kappa shape index (κ3) is 6.07. The second-order valence-electron chi connectivity index (χ2n) is 3.51. The van der Waals surface area contributed by atoms with Gasteiger partial charge in [-0.1, -0.05) is 0 Å². The van der Waals surface area contributed by atoms with Crippen molar-refractivity contribution in [2.75, 3.05) is 18.9 Å². The van der Waals surface area contributed by atoms with E-state index >= 15 is 0 Å². The molecule has 0 atom stereocenters. The summed E-state index contributed by atoms with van der Waals surface area (Å²) in [6.07, 6.45) is -9.04. The average Bonchev–Trinajstić information content (AvgIpc) is 2.22. The third-order valence-electron chi connectivity index (χ3n) is 1.78. The van der Waals surface area contributed by atoms with Crippen LogP contribution in [0.2, 0.25) is 0 Å². The van der Waals surface area contributed by atoms with E-state index in [9.17, 15) is 26.3 Å². The first-order chi connectivity index (χ1) is 8.57. The highest BCUT2D eigenvalue weighted by Gasteiger charge is 2.29. The molecular weight excluding hydrogens is 280 g/mol. The Morgan fingerprint density at radius 2 is 1.42 bits per heavy atom. The fraction of sp³-hybridized carbons (Fsp3) is 0.400. The molecule has 0 aliphatic heterocycles. The molecule has 1 aromatic carbocycles. The predicted octanol–water partition coefficient (Wildman–Crippen LogP) is 3.15. The van der Waals surface area contributed by atoms with Gasteiger partial charge in [-0.15, -0.1) is 0 Å². The number of rotatable bonds is 4. The first-order valence-corrected chi connectivity index (χ1v) is 4.85. The smallest absolute Gasteiger partial charge is 0.422 e. The molecule has 19 heavy (non-hydrogen) atoms. The summed E-state index contributed by atoms with van der Waals surface area (Å²) in [7, 11) is 0. The summed E-state index contributed by atoms with van der Waals surface area (Å²) in [6, 6.07) is 3.00. The first-order valence-electron chi connectivity index (χ1n) is 4.85. The second kappa shape index (κ2) is 5.45. The van der Waals surface area contributed by atoms with Crippen LogP contribution in [-0.2, 0) is 0 Å². The number of alkyl halides is 6. The second-order valence-corrected chi connectivity index (χ2v) is 3.51. The Hall–Kier alpha value is -1.80. The van der Waals surface area contributed by atoms with Crippen molar-refractivity contribution < 1.29 is 35.8 Å². The van der Waals surface area contributed by atoms with Crippen LogP contribution in [0.15, 0.2) is 18.2 Å². The minimum Gasteiger partial charge on any atom is -0.484 e. The van der Waals surface area contributed by atoms with E-state index in [0.717, 1.165) is 18.2 Å². The SMILES string of the molecule is Nc1cc(OCC(F)(F)F)ccc1OCC(F)(F)F. The lowest BCUT2D eigenvalue weighted by Gasteiger charge is -2.13. The molecule has 0 saturated heterocycles. The lowest BCUT2D eigenvalue weighted by atomic mass is 10.3. The molecule has 0 aliphatic rings. The molecule has 9 heteroatoms. The number of ether oxygens (including phenoxy) is 2. The summed E-state index contributed by atoms with van der Waals surface area (Å²) in [5.74, 6) is -0.495. The van der Waals surface area contributed by atoms with Crippen LogP contribution >= 0.6 is 0 Å². The monoisotopic (exact) mass is 289 g/mol. The lowest BCUT2D eigenvalue weighted by Crippen LogP contribution is -2.20. The molecule has 1 aromatic rings. The highest BCUT2D eigenvalue weighted by molar-refractivity contribution is 5.56. The molecule has 0 unspecified atom stereocenters. The largest absolute Gasteiger partial charge is 0.484 e. The third-order valence-corrected chi connectivity index (χ3v) is 1.78. The zero-order valence-corrected chi connectivity index (χ0v) is 9.31. The number of hydrogen-bond acceptors (Lipinski definition) is 3. The van der Waals surface area contributed by atoms with Gasteiger partial charge in [0.15, 0.2) is 13.2 Å². The molecule has 0 bridgehead atoms. The van der Waals surface area contributed by atoms with Gasteiger partial charge in [0.1, 0.15) is 11.5 Å². The van der Waals surface area contributed by atoms with Crippen molar-refractivity contribution in [2.24, 2.45) is 0 Å². The zero-order chi connectivity index (χ0) is 14.7. The van der Waals surface area contributed by atoms with Crippen LogP contribution in [0, 0.1) is 0 Å². The Balaban J connectivity index is 2.64. The minimum atomic E-state index is -4.53. The number of hydrogen-bond donors (Lipinski definition) is 1. The molecule has 108 valence electrons. The summed E-state index contributed by atoms with van der Waals surface area (Å²) in [6.45, 7) is -3.06. The molecule has 0 fully saturated rings. The van der Waals surface area contributed by atoms with E-state index in [-0.39, 0.29) is 17.2 Å². The number of nitrogens with two attached hydrogens (primary N) is 1. The summed E-state index contributed by atoms with van der Waals surface area (Å²) < 4.78 is 80.0. The number of benzene rings is 1. The maximum atomic E-state index is 11.9. The highest BCUT2D eigenvalue weighted by Crippen LogP contribution is 2.29. The summed E-state index contributed by atoms with van der Waals surface area (Å²) in [5, 5.41) is 0. The maximum Gasteiger partial charge on any atom is 0.422 e. The van der Waals surface area contributed by atoms with Gasteiger partial charge in [-0.2, -0.15) is 26.3 Å². The lowest BCUT2D eigenvalue weighted by molar-refractivity contribution is -0.154. The molecular formula is C10H9F6NO2. The number of anilines is 1. The van der Waals surface area contributed by atoms with Gasteiger partial charge in [0, 0.05) is 6.07 Å². The van der Waals surface area contributed by atoms with Gasteiger partial charge in [-0.05, 0) is 12.1 Å². The van der Waals surface area contributed by atoms with Crippen molar-refractivity contribution in [3.8, 4) is 11.5 Å². The summed E-state index contributed by atoms with van der Waals surface area (Å²) in [4.78, 5) is 0. The predicted molar refractivity (Wildman–Crippen MR) is 54.0 cm³/mol. The highest BCUT2D eigenvalue weighted by atomic mass is 19.4. The Morgan fingerprint density at radius 1 is 0.895 bits per heavy atom. The normalized spacial score (nSPS) is 12.3. The fourth-order valence-corrected chi connectivity index (χ4v) is 1.07. The van der Waals surface area contributed by atoms with Gasteiger partial charge < -0.3 is 15.2 Å². The van der Waals surface area contributed by atoms with Crippen molar-refractivity contribution >= 4 is 5.69 Å². The Bertz CT molecular complexity index is 429. The van der Waals surface area contributed by atoms with E-state index in [1.807, 2.05) is 0 Å². The van der Waals surface area contributed by atoms with E-state index in [1.165, 1.54) is 0 Å². The Labute approximate surface area is 103 Å². The van der Waals surface area contributed by atoms with E-state index in [2.05, 4.69) is 9.47 Å². The van der Waals surface area contributed by atoms with E-state index in [4.69, 9.17) is 5.73 Å². The summed E-state index contributed by atoms with van der Waals surface area (Å²) >= 11 is 0. The van der Waals surface area contributed by atoms with Gasteiger partial charge in [0.25, 0.3) is 0 Å². The topological polar surface area (TPSA) is 44.5 Å². The average molecular weight is 289 g/mol.